The van der Waals surface area contributed by atoms with Crippen LogP contribution in [0.2, 0.25) is 5.15 Å². The number of rotatable bonds is 6. The number of anilines is 1. The van der Waals surface area contributed by atoms with E-state index in [4.69, 9.17) is 21.4 Å². The first-order chi connectivity index (χ1) is 12.9. The molecule has 3 N–H and O–H groups in total. The predicted molar refractivity (Wildman–Crippen MR) is 101 cm³/mol. The van der Waals surface area contributed by atoms with Gasteiger partial charge in [0, 0.05) is 25.6 Å². The molecule has 1 amide bonds. The van der Waals surface area contributed by atoms with Crippen LogP contribution in [0.1, 0.15) is 40.1 Å². The summed E-state index contributed by atoms with van der Waals surface area (Å²) in [6.45, 7) is 3.04. The van der Waals surface area contributed by atoms with Crippen molar-refractivity contribution in [3.63, 3.8) is 0 Å². The number of aromatic amines is 1. The number of carbonyl (C=O) groups excluding carboxylic acids is 1. The Hall–Kier alpha value is -2.17. The molecule has 146 valence electrons. The third kappa shape index (κ3) is 4.23. The number of hydrogen-bond donors (Lipinski definition) is 3. The van der Waals surface area contributed by atoms with Crippen LogP contribution in [-0.4, -0.2) is 64.3 Å². The Morgan fingerprint density at radius 1 is 1.52 bits per heavy atom. The Morgan fingerprint density at radius 3 is 2.89 bits per heavy atom. The Labute approximate surface area is 164 Å². The van der Waals surface area contributed by atoms with E-state index in [0.717, 1.165) is 5.69 Å². The number of nitrogens with one attached hydrogen (secondary N) is 2. The summed E-state index contributed by atoms with van der Waals surface area (Å²) >= 11 is 7.27. The first-order valence-electron chi connectivity index (χ1n) is 8.44. The van der Waals surface area contributed by atoms with E-state index in [2.05, 4.69) is 20.3 Å². The molecule has 0 aromatic carbocycles. The SMILES string of the molecule is CCc1[nH]c(C(=O)N[C@@H]2CCN(c3nc(C(=O)O)cs3)C[C@@H]2OC)nc1Cl. The number of hydrogen-bond acceptors (Lipinski definition) is 7. The standard InChI is InChI=1S/C16H20ClN5O4S/c1-3-8-12(17)21-13(18-8)14(23)19-9-4-5-22(6-11(9)26-2)16-20-10(7-27-16)15(24)25/h7,9,11H,3-6H2,1-2H3,(H,18,21)(H,19,23)(H,24,25)/t9-,11+/m1/s1. The fourth-order valence-electron chi connectivity index (χ4n) is 2.97. The number of carboxylic acids is 1. The minimum absolute atomic E-state index is 0.0285. The number of amides is 1. The van der Waals surface area contributed by atoms with Gasteiger partial charge in [-0.2, -0.15) is 0 Å². The Morgan fingerprint density at radius 2 is 2.30 bits per heavy atom. The number of aromatic nitrogens is 3. The molecule has 1 aliphatic heterocycles. The van der Waals surface area contributed by atoms with Crippen LogP contribution in [0.4, 0.5) is 5.13 Å². The molecule has 0 unspecified atom stereocenters. The monoisotopic (exact) mass is 413 g/mol. The maximum Gasteiger partial charge on any atom is 0.355 e. The van der Waals surface area contributed by atoms with Crippen LogP contribution >= 0.6 is 22.9 Å². The van der Waals surface area contributed by atoms with Crippen molar-refractivity contribution in [2.75, 3.05) is 25.1 Å². The van der Waals surface area contributed by atoms with E-state index in [1.165, 1.54) is 16.7 Å². The Kier molecular flexibility index (Phi) is 5.98. The molecule has 1 fully saturated rings. The third-order valence-corrected chi connectivity index (χ3v) is 5.67. The van der Waals surface area contributed by atoms with E-state index in [1.54, 1.807) is 7.11 Å². The Bertz CT molecular complexity index is 839. The van der Waals surface area contributed by atoms with Crippen molar-refractivity contribution in [3.05, 3.63) is 27.7 Å². The Balaban J connectivity index is 1.65. The lowest BCUT2D eigenvalue weighted by molar-refractivity contribution is 0.0538. The molecular weight excluding hydrogens is 394 g/mol. The summed E-state index contributed by atoms with van der Waals surface area (Å²) < 4.78 is 5.54. The maximum absolute atomic E-state index is 12.5. The van der Waals surface area contributed by atoms with Crippen LogP contribution in [0.15, 0.2) is 5.38 Å². The quantitative estimate of drug-likeness (QED) is 0.660. The van der Waals surface area contributed by atoms with E-state index in [1.807, 2.05) is 11.8 Å². The summed E-state index contributed by atoms with van der Waals surface area (Å²) in [6.07, 6.45) is 1.02. The highest BCUT2D eigenvalue weighted by atomic mass is 35.5. The summed E-state index contributed by atoms with van der Waals surface area (Å²) in [5.41, 5.74) is 0.749. The minimum atomic E-state index is -1.05. The van der Waals surface area contributed by atoms with Crippen molar-refractivity contribution in [2.45, 2.75) is 31.9 Å². The summed E-state index contributed by atoms with van der Waals surface area (Å²) in [5.74, 6) is -1.20. The molecular formula is C16H20ClN5O4S. The lowest BCUT2D eigenvalue weighted by atomic mass is 10.0. The van der Waals surface area contributed by atoms with E-state index < -0.39 is 5.97 Å². The van der Waals surface area contributed by atoms with Crippen LogP contribution in [0.5, 0.6) is 0 Å². The third-order valence-electron chi connectivity index (χ3n) is 4.46. The van der Waals surface area contributed by atoms with Gasteiger partial charge in [-0.1, -0.05) is 18.5 Å². The van der Waals surface area contributed by atoms with Crippen molar-refractivity contribution in [1.29, 1.82) is 0 Å². The zero-order valence-electron chi connectivity index (χ0n) is 14.9. The lowest BCUT2D eigenvalue weighted by Gasteiger charge is -2.37. The van der Waals surface area contributed by atoms with Crippen LogP contribution in [0.3, 0.4) is 0 Å². The molecule has 0 radical (unpaired) electrons. The summed E-state index contributed by atoms with van der Waals surface area (Å²) in [4.78, 5) is 36.6. The molecule has 0 aliphatic carbocycles. The molecule has 2 atom stereocenters. The van der Waals surface area contributed by atoms with E-state index >= 15 is 0 Å². The zero-order valence-corrected chi connectivity index (χ0v) is 16.4. The number of methoxy groups -OCH3 is 1. The van der Waals surface area contributed by atoms with Gasteiger partial charge in [-0.25, -0.2) is 14.8 Å². The van der Waals surface area contributed by atoms with E-state index in [9.17, 15) is 9.59 Å². The summed E-state index contributed by atoms with van der Waals surface area (Å²) in [7, 11) is 1.58. The largest absolute Gasteiger partial charge is 0.476 e. The average Bonchev–Trinajstić information content (AvgIpc) is 3.29. The van der Waals surface area contributed by atoms with Crippen LogP contribution in [0.25, 0.3) is 0 Å². The van der Waals surface area contributed by atoms with Gasteiger partial charge in [-0.05, 0) is 12.8 Å². The molecule has 1 aliphatic rings. The number of nitrogens with zero attached hydrogens (tertiary/aromatic N) is 3. The molecule has 27 heavy (non-hydrogen) atoms. The van der Waals surface area contributed by atoms with Gasteiger partial charge >= 0.3 is 5.97 Å². The van der Waals surface area contributed by atoms with Gasteiger partial charge in [-0.3, -0.25) is 4.79 Å². The maximum atomic E-state index is 12.5. The van der Waals surface area contributed by atoms with Gasteiger partial charge in [0.05, 0.1) is 17.8 Å². The van der Waals surface area contributed by atoms with Crippen molar-refractivity contribution in [1.82, 2.24) is 20.3 Å². The van der Waals surface area contributed by atoms with Crippen LogP contribution in [0, 0.1) is 0 Å². The van der Waals surface area contributed by atoms with Crippen LogP contribution in [-0.2, 0) is 11.2 Å². The number of carbonyl (C=O) groups is 2. The smallest absolute Gasteiger partial charge is 0.355 e. The van der Waals surface area contributed by atoms with Gasteiger partial charge in [-0.15, -0.1) is 11.3 Å². The van der Waals surface area contributed by atoms with Crippen molar-refractivity contribution < 1.29 is 19.4 Å². The van der Waals surface area contributed by atoms with Crippen LogP contribution < -0.4 is 10.2 Å². The number of piperidine rings is 1. The molecule has 0 spiro atoms. The molecule has 9 nitrogen and oxygen atoms in total. The summed E-state index contributed by atoms with van der Waals surface area (Å²) in [6, 6.07) is -0.202. The van der Waals surface area contributed by atoms with Gasteiger partial charge in [0.15, 0.2) is 21.8 Å². The number of carboxylic acid groups (broad SMARTS) is 1. The number of halogens is 1. The van der Waals surface area contributed by atoms with Crippen molar-refractivity contribution >= 4 is 39.9 Å². The molecule has 0 saturated carbocycles. The fraction of sp³-hybridized carbons (Fsp3) is 0.500. The normalized spacial score (nSPS) is 19.9. The highest BCUT2D eigenvalue weighted by Crippen LogP contribution is 2.25. The number of H-pyrrole nitrogens is 1. The fourth-order valence-corrected chi connectivity index (χ4v) is 4.07. The molecule has 3 rings (SSSR count). The number of thiazole rings is 1. The lowest BCUT2D eigenvalue weighted by Crippen LogP contribution is -2.55. The van der Waals surface area contributed by atoms with Gasteiger partial charge in [0.25, 0.3) is 5.91 Å². The van der Waals surface area contributed by atoms with Gasteiger partial charge < -0.3 is 25.0 Å². The molecule has 3 heterocycles. The molecule has 2 aromatic heterocycles. The van der Waals surface area contributed by atoms with Crippen molar-refractivity contribution in [3.8, 4) is 0 Å². The first-order valence-corrected chi connectivity index (χ1v) is 9.70. The molecule has 1 saturated heterocycles. The zero-order chi connectivity index (χ0) is 19.6. The van der Waals surface area contributed by atoms with Crippen molar-refractivity contribution in [2.24, 2.45) is 0 Å². The highest BCUT2D eigenvalue weighted by Gasteiger charge is 2.32. The van der Waals surface area contributed by atoms with Gasteiger partial charge in [0.1, 0.15) is 0 Å². The topological polar surface area (TPSA) is 120 Å². The number of aromatic carboxylic acids is 1. The first kappa shape index (κ1) is 19.6. The number of imidazole rings is 1. The average molecular weight is 414 g/mol. The second-order valence-corrected chi connectivity index (χ2v) is 7.31. The second-order valence-electron chi connectivity index (χ2n) is 6.12. The van der Waals surface area contributed by atoms with E-state index in [0.29, 0.717) is 36.2 Å². The number of ether oxygens (including phenoxy) is 1. The molecule has 11 heteroatoms. The van der Waals surface area contributed by atoms with E-state index in [-0.39, 0.29) is 29.6 Å². The number of aryl methyl sites for hydroxylation is 1. The van der Waals surface area contributed by atoms with Gasteiger partial charge in [0.2, 0.25) is 0 Å². The predicted octanol–water partition coefficient (Wildman–Crippen LogP) is 1.80. The second kappa shape index (κ2) is 8.24. The summed E-state index contributed by atoms with van der Waals surface area (Å²) in [5, 5.41) is 14.4. The molecule has 0 bridgehead atoms. The minimum Gasteiger partial charge on any atom is -0.476 e. The highest BCUT2D eigenvalue weighted by molar-refractivity contribution is 7.13. The molecule has 2 aromatic rings.